The summed E-state index contributed by atoms with van der Waals surface area (Å²) >= 11 is 0. The average molecular weight is 379 g/mol. The molecule has 1 aromatic rings. The molecule has 148 valence electrons. The van der Waals surface area contributed by atoms with Crippen molar-refractivity contribution in [3.8, 4) is 0 Å². The summed E-state index contributed by atoms with van der Waals surface area (Å²) in [5.41, 5.74) is 1.22. The van der Waals surface area contributed by atoms with Crippen molar-refractivity contribution in [1.29, 1.82) is 0 Å². The molecule has 0 aliphatic rings. The molecule has 0 bridgehead atoms. The molecule has 3 N–H and O–H groups in total. The molecule has 1 rings (SSSR count). The van der Waals surface area contributed by atoms with E-state index < -0.39 is 35.3 Å². The number of nitro groups is 1. The zero-order chi connectivity index (χ0) is 20.9. The van der Waals surface area contributed by atoms with Crippen LogP contribution in [-0.2, 0) is 9.59 Å². The normalized spacial score (nSPS) is 11.8. The van der Waals surface area contributed by atoms with Gasteiger partial charge < -0.3 is 15.7 Å². The van der Waals surface area contributed by atoms with E-state index in [4.69, 9.17) is 5.11 Å². The van der Waals surface area contributed by atoms with E-state index in [-0.39, 0.29) is 29.2 Å². The molecule has 9 heteroatoms. The predicted octanol–water partition coefficient (Wildman–Crippen LogP) is 1.87. The molecular formula is C18H25N3O6. The van der Waals surface area contributed by atoms with Crippen LogP contribution in [0.15, 0.2) is 6.07 Å². The maximum Gasteiger partial charge on any atom is 0.326 e. The van der Waals surface area contributed by atoms with Gasteiger partial charge in [0.2, 0.25) is 5.91 Å². The van der Waals surface area contributed by atoms with E-state index in [1.165, 1.54) is 6.92 Å². The Hall–Kier alpha value is -2.97. The molecule has 1 atom stereocenters. The van der Waals surface area contributed by atoms with Crippen LogP contribution in [0.1, 0.15) is 47.3 Å². The van der Waals surface area contributed by atoms with Gasteiger partial charge in [-0.05, 0) is 44.7 Å². The average Bonchev–Trinajstić information content (AvgIpc) is 2.50. The Morgan fingerprint density at radius 3 is 2.26 bits per heavy atom. The van der Waals surface area contributed by atoms with Crippen molar-refractivity contribution >= 4 is 23.5 Å². The summed E-state index contributed by atoms with van der Waals surface area (Å²) in [6.07, 6.45) is 0.261. The van der Waals surface area contributed by atoms with Crippen molar-refractivity contribution in [3.63, 3.8) is 0 Å². The number of benzene rings is 1. The Labute approximate surface area is 157 Å². The minimum atomic E-state index is -1.15. The molecular weight excluding hydrogens is 354 g/mol. The third-order valence-electron chi connectivity index (χ3n) is 4.09. The van der Waals surface area contributed by atoms with Crippen LogP contribution in [0.2, 0.25) is 0 Å². The SMILES string of the molecule is Cc1cc(C)c([N+](=O)[O-])c(C)c1C(=O)NCC(=O)N[C@@H](CC(C)C)C(=O)O. The molecule has 0 aliphatic heterocycles. The highest BCUT2D eigenvalue weighted by Crippen LogP contribution is 2.28. The molecule has 0 radical (unpaired) electrons. The third kappa shape index (κ3) is 5.77. The summed E-state index contributed by atoms with van der Waals surface area (Å²) in [6, 6.07) is 0.502. The molecule has 1 aromatic carbocycles. The Bertz CT molecular complexity index is 773. The Kier molecular flexibility index (Phi) is 7.45. The monoisotopic (exact) mass is 379 g/mol. The first-order valence-electron chi connectivity index (χ1n) is 8.51. The molecule has 2 amide bonds. The minimum absolute atomic E-state index is 0.0689. The maximum atomic E-state index is 12.4. The highest BCUT2D eigenvalue weighted by atomic mass is 16.6. The smallest absolute Gasteiger partial charge is 0.326 e. The van der Waals surface area contributed by atoms with Crippen molar-refractivity contribution in [2.24, 2.45) is 5.92 Å². The summed E-state index contributed by atoms with van der Waals surface area (Å²) in [5.74, 6) is -2.35. The van der Waals surface area contributed by atoms with Crippen molar-refractivity contribution in [2.45, 2.75) is 47.1 Å². The van der Waals surface area contributed by atoms with Gasteiger partial charge in [-0.2, -0.15) is 0 Å². The molecule has 0 unspecified atom stereocenters. The van der Waals surface area contributed by atoms with Crippen molar-refractivity contribution in [1.82, 2.24) is 10.6 Å². The summed E-state index contributed by atoms with van der Waals surface area (Å²) in [5, 5.41) is 25.1. The summed E-state index contributed by atoms with van der Waals surface area (Å²) in [4.78, 5) is 46.3. The molecule has 0 aliphatic carbocycles. The number of rotatable bonds is 8. The minimum Gasteiger partial charge on any atom is -0.480 e. The number of nitrogens with zero attached hydrogens (tertiary/aromatic N) is 1. The van der Waals surface area contributed by atoms with E-state index in [0.717, 1.165) is 0 Å². The quantitative estimate of drug-likeness (QED) is 0.465. The Morgan fingerprint density at radius 1 is 1.19 bits per heavy atom. The van der Waals surface area contributed by atoms with Gasteiger partial charge >= 0.3 is 5.97 Å². The number of carboxylic acids is 1. The Morgan fingerprint density at radius 2 is 1.78 bits per heavy atom. The van der Waals surface area contributed by atoms with Gasteiger partial charge in [-0.25, -0.2) is 4.79 Å². The lowest BCUT2D eigenvalue weighted by Gasteiger charge is -2.17. The van der Waals surface area contributed by atoms with E-state index in [1.54, 1.807) is 19.9 Å². The van der Waals surface area contributed by atoms with Crippen LogP contribution < -0.4 is 10.6 Å². The maximum absolute atomic E-state index is 12.4. The molecule has 0 saturated heterocycles. The van der Waals surface area contributed by atoms with E-state index in [0.29, 0.717) is 11.1 Å². The second kappa shape index (κ2) is 9.11. The highest BCUT2D eigenvalue weighted by Gasteiger charge is 2.25. The van der Waals surface area contributed by atoms with Gasteiger partial charge in [0.05, 0.1) is 17.0 Å². The van der Waals surface area contributed by atoms with Crippen LogP contribution in [0.3, 0.4) is 0 Å². The van der Waals surface area contributed by atoms with E-state index in [9.17, 15) is 24.5 Å². The predicted molar refractivity (Wildman–Crippen MR) is 98.7 cm³/mol. The number of aryl methyl sites for hydroxylation is 2. The van der Waals surface area contributed by atoms with E-state index in [2.05, 4.69) is 10.6 Å². The Balaban J connectivity index is 2.89. The fourth-order valence-corrected chi connectivity index (χ4v) is 2.99. The number of carbonyl (C=O) groups is 3. The first kappa shape index (κ1) is 22.1. The van der Waals surface area contributed by atoms with Crippen LogP contribution in [0.4, 0.5) is 5.69 Å². The van der Waals surface area contributed by atoms with E-state index in [1.807, 2.05) is 13.8 Å². The first-order valence-corrected chi connectivity index (χ1v) is 8.51. The second-order valence-corrected chi connectivity index (χ2v) is 6.89. The highest BCUT2D eigenvalue weighted by molar-refractivity contribution is 6.00. The molecule has 0 spiro atoms. The van der Waals surface area contributed by atoms with Crippen LogP contribution in [0.5, 0.6) is 0 Å². The number of carbonyl (C=O) groups excluding carboxylic acids is 2. The molecule has 0 heterocycles. The molecule has 0 saturated carbocycles. The van der Waals surface area contributed by atoms with Gasteiger partial charge in [0.25, 0.3) is 11.6 Å². The van der Waals surface area contributed by atoms with Gasteiger partial charge in [-0.15, -0.1) is 0 Å². The number of nitrogens with one attached hydrogen (secondary N) is 2. The van der Waals surface area contributed by atoms with Gasteiger partial charge in [0.15, 0.2) is 0 Å². The molecule has 0 fully saturated rings. The van der Waals surface area contributed by atoms with Crippen molar-refractivity contribution < 1.29 is 24.4 Å². The lowest BCUT2D eigenvalue weighted by atomic mass is 9.97. The second-order valence-electron chi connectivity index (χ2n) is 6.89. The van der Waals surface area contributed by atoms with Gasteiger partial charge in [0, 0.05) is 11.1 Å². The van der Waals surface area contributed by atoms with Gasteiger partial charge in [-0.1, -0.05) is 13.8 Å². The number of nitro benzene ring substituents is 1. The fourth-order valence-electron chi connectivity index (χ4n) is 2.99. The number of hydrogen-bond donors (Lipinski definition) is 3. The van der Waals surface area contributed by atoms with Crippen molar-refractivity contribution in [3.05, 3.63) is 38.4 Å². The lowest BCUT2D eigenvalue weighted by molar-refractivity contribution is -0.386. The van der Waals surface area contributed by atoms with Crippen LogP contribution in [-0.4, -0.2) is 40.4 Å². The number of hydrogen-bond acceptors (Lipinski definition) is 5. The largest absolute Gasteiger partial charge is 0.480 e. The van der Waals surface area contributed by atoms with Crippen molar-refractivity contribution in [2.75, 3.05) is 6.54 Å². The molecule has 27 heavy (non-hydrogen) atoms. The van der Waals surface area contributed by atoms with Gasteiger partial charge in [0.1, 0.15) is 6.04 Å². The fraction of sp³-hybridized carbons (Fsp3) is 0.500. The van der Waals surface area contributed by atoms with Crippen LogP contribution in [0, 0.1) is 36.8 Å². The first-order chi connectivity index (χ1) is 12.5. The zero-order valence-electron chi connectivity index (χ0n) is 16.1. The molecule has 0 aromatic heterocycles. The third-order valence-corrected chi connectivity index (χ3v) is 4.09. The van der Waals surface area contributed by atoms with Crippen LogP contribution in [0.25, 0.3) is 0 Å². The summed E-state index contributed by atoms with van der Waals surface area (Å²) in [6.45, 7) is 7.97. The zero-order valence-corrected chi connectivity index (χ0v) is 16.1. The van der Waals surface area contributed by atoms with Crippen LogP contribution >= 0.6 is 0 Å². The van der Waals surface area contributed by atoms with Gasteiger partial charge in [-0.3, -0.25) is 19.7 Å². The molecule has 9 nitrogen and oxygen atoms in total. The topological polar surface area (TPSA) is 139 Å². The van der Waals surface area contributed by atoms with E-state index >= 15 is 0 Å². The number of aliphatic carboxylic acids is 1. The lowest BCUT2D eigenvalue weighted by Crippen LogP contribution is -2.46. The summed E-state index contributed by atoms with van der Waals surface area (Å²) in [7, 11) is 0. The standard InChI is InChI=1S/C18H25N3O6/c1-9(2)6-13(18(24)25)20-14(22)8-19-17(23)15-10(3)7-11(4)16(12(15)5)21(26)27/h7,9,13H,6,8H2,1-5H3,(H,19,23)(H,20,22)(H,24,25)/t13-/m0/s1. The summed E-state index contributed by atoms with van der Waals surface area (Å²) < 4.78 is 0. The number of amides is 2. The number of carboxylic acid groups (broad SMARTS) is 1.